The largest absolute Gasteiger partial charge is 3.00 e. The number of nitrogens with zero attached hydrogens (tertiary/aromatic N) is 6. The number of unbranched alkanes of at least 4 members (excludes halogenated alkanes) is 9. The average Bonchev–Trinajstić information content (AvgIpc) is 1.91. The third-order valence-electron chi connectivity index (χ3n) is 14.3. The smallest absolute Gasteiger partial charge is 0.549 e. The van der Waals surface area contributed by atoms with Crippen LogP contribution in [0.15, 0.2) is 64.0 Å². The second kappa shape index (κ2) is 35.2. The molecule has 449 valence electrons. The first-order valence-electron chi connectivity index (χ1n) is 27.8. The summed E-state index contributed by atoms with van der Waals surface area (Å²) >= 11 is 0.901. The number of carbonyl (C=O) groups is 8. The van der Waals surface area contributed by atoms with E-state index in [9.17, 15) is 63.9 Å². The Kier molecular flexibility index (Phi) is 28.6. The molecule has 1 fully saturated rings. The summed E-state index contributed by atoms with van der Waals surface area (Å²) in [7, 11) is 0. The van der Waals surface area contributed by atoms with Crippen molar-refractivity contribution in [3.8, 4) is 23.0 Å². The molecule has 3 aromatic carbocycles. The molecule has 5 N–H and O–H groups in total. The topological polar surface area (TPSA) is 338 Å². The summed E-state index contributed by atoms with van der Waals surface area (Å²) in [6, 6.07) is 13.0. The van der Waals surface area contributed by atoms with Gasteiger partial charge in [-0.2, -0.15) is 4.99 Å². The number of carboxylic acids is 3. The Morgan fingerprint density at radius 2 is 1.14 bits per heavy atom. The van der Waals surface area contributed by atoms with Crippen molar-refractivity contribution in [1.82, 2.24) is 35.6 Å². The van der Waals surface area contributed by atoms with Crippen molar-refractivity contribution < 1.29 is 113 Å². The van der Waals surface area contributed by atoms with Gasteiger partial charge in [0.15, 0.2) is 5.60 Å². The number of ether oxygens (including phenoxy) is 2. The summed E-state index contributed by atoms with van der Waals surface area (Å²) in [5.74, 6) is -5.33. The number of carboxylic acid groups (broad SMARTS) is 3. The fourth-order valence-corrected chi connectivity index (χ4v) is 10.5. The molecule has 1 radical (unpaired) electrons. The van der Waals surface area contributed by atoms with Crippen LogP contribution in [0.1, 0.15) is 111 Å². The molecule has 83 heavy (non-hydrogen) atoms. The number of aldehydes is 1. The van der Waals surface area contributed by atoms with Gasteiger partial charge in [0.1, 0.15) is 35.3 Å². The molecule has 24 nitrogen and oxygen atoms in total. The second-order valence-corrected chi connectivity index (χ2v) is 21.0. The number of aliphatic imine (C=N–C) groups is 1. The van der Waals surface area contributed by atoms with E-state index in [0.29, 0.717) is 54.7 Å². The van der Waals surface area contributed by atoms with E-state index in [-0.39, 0.29) is 159 Å². The number of phenols is 2. The van der Waals surface area contributed by atoms with Crippen molar-refractivity contribution in [2.45, 2.75) is 95.1 Å². The molecule has 3 aromatic rings. The quantitative estimate of drug-likeness (QED) is 0.0192. The Hall–Kier alpha value is -6.22. The normalized spacial score (nSPS) is 15.6. The first-order valence-corrected chi connectivity index (χ1v) is 28.6. The SMILES string of the molecule is O=CCCCCCCCCCCNC(=O)C(CCCCNC(=O)CCN=S=C=Nc1ccc2c(c1)C(=O)OC21c2ccc(O)cc2Oc2cc(O)ccc21)NC(=O)CN1CCN(CC(=O)[O-])CCN(CC(=O)[O-])CCN(CC(=O)[O-])CC1.[Gd+3]. The molecule has 3 aliphatic rings. The van der Waals surface area contributed by atoms with E-state index in [1.54, 1.807) is 45.0 Å². The summed E-state index contributed by atoms with van der Waals surface area (Å²) < 4.78 is 16.4. The zero-order valence-corrected chi connectivity index (χ0v) is 49.4. The van der Waals surface area contributed by atoms with Gasteiger partial charge < -0.3 is 70.1 Å². The summed E-state index contributed by atoms with van der Waals surface area (Å²) in [6.07, 6.45) is 10.5. The Labute approximate surface area is 517 Å². The summed E-state index contributed by atoms with van der Waals surface area (Å²) in [6.45, 7) is 0.549. The Balaban J connectivity index is 0.0000126. The van der Waals surface area contributed by atoms with E-state index in [1.165, 1.54) is 29.2 Å². The monoisotopic (exact) mass is 1310 g/mol. The molecule has 1 spiro atoms. The molecule has 3 aliphatic heterocycles. The molecular formula is C57H72GdN9O15S. The Bertz CT molecular complexity index is 2770. The number of aliphatic carboxylic acids is 3. The van der Waals surface area contributed by atoms with Crippen LogP contribution in [0.3, 0.4) is 0 Å². The maximum Gasteiger partial charge on any atom is 3.00 e. The van der Waals surface area contributed by atoms with Gasteiger partial charge >= 0.3 is 45.9 Å². The van der Waals surface area contributed by atoms with E-state index in [0.717, 1.165) is 68.8 Å². The van der Waals surface area contributed by atoms with Crippen molar-refractivity contribution in [2.24, 2.45) is 9.36 Å². The maximum atomic E-state index is 13.8. The van der Waals surface area contributed by atoms with E-state index in [1.807, 2.05) is 0 Å². The number of benzene rings is 3. The van der Waals surface area contributed by atoms with Crippen molar-refractivity contribution in [1.29, 1.82) is 0 Å². The summed E-state index contributed by atoms with van der Waals surface area (Å²) in [4.78, 5) is 110. The number of aromatic hydroxyl groups is 2. The molecule has 6 rings (SSSR count). The van der Waals surface area contributed by atoms with Gasteiger partial charge in [-0.1, -0.05) is 44.6 Å². The molecule has 3 heterocycles. The first kappa shape index (κ1) is 67.6. The first-order chi connectivity index (χ1) is 39.5. The van der Waals surface area contributed by atoms with Gasteiger partial charge in [-0.25, -0.2) is 9.16 Å². The minimum Gasteiger partial charge on any atom is -0.549 e. The number of phenolic OH excluding ortho intramolecular Hbond substituents is 2. The van der Waals surface area contributed by atoms with Crippen molar-refractivity contribution >= 4 is 69.9 Å². The van der Waals surface area contributed by atoms with E-state index in [4.69, 9.17) is 9.47 Å². The minimum absolute atomic E-state index is 0. The van der Waals surface area contributed by atoms with Crippen LogP contribution < -0.4 is 36.0 Å². The molecule has 1 atom stereocenters. The number of esters is 1. The maximum absolute atomic E-state index is 13.8. The van der Waals surface area contributed by atoms with Gasteiger partial charge in [0.05, 0.1) is 47.4 Å². The zero-order chi connectivity index (χ0) is 58.9. The number of carbonyl (C=O) groups excluding carboxylic acids is 8. The summed E-state index contributed by atoms with van der Waals surface area (Å²) in [5, 5.41) is 66.6. The van der Waals surface area contributed by atoms with Crippen molar-refractivity contribution in [3.63, 3.8) is 0 Å². The molecule has 0 aliphatic carbocycles. The second-order valence-electron chi connectivity index (χ2n) is 20.4. The van der Waals surface area contributed by atoms with Gasteiger partial charge in [-0.15, -0.1) is 0 Å². The molecular weight excluding hydrogens is 1240 g/mol. The van der Waals surface area contributed by atoms with Crippen LogP contribution in [0.2, 0.25) is 0 Å². The van der Waals surface area contributed by atoms with Gasteiger partial charge in [-0.3, -0.25) is 34.0 Å². The predicted molar refractivity (Wildman–Crippen MR) is 295 cm³/mol. The standard InChI is InChI=1S/C57H75N9O15S.Gd/c67-31-11-7-5-3-1-2-4-6-9-21-59-55(78)47(62-51(71)35-63-23-25-64(36-52(72)73)27-29-66(38-54(76)77)30-28-65(26-24-63)37-53(74)75)12-8-10-20-58-50(70)19-22-61-82-39-60-40-13-16-44-43(32-40)56(79)81-57(44)45-17-14-41(68)33-48(45)80-49-34-42(69)15-18-46(49)57;/h13-18,31-34,47,68-69H,1-12,19-30,35-38H2,(H,58,70)(H,59,78)(H,62,71)(H,72,73)(H,74,75)(H,76,77);/q;+3/p-3. The van der Waals surface area contributed by atoms with Gasteiger partial charge in [0, 0.05) is 138 Å². The third kappa shape index (κ3) is 21.7. The van der Waals surface area contributed by atoms with Gasteiger partial charge in [0.25, 0.3) is 0 Å². The van der Waals surface area contributed by atoms with Crippen LogP contribution in [-0.4, -0.2) is 187 Å². The van der Waals surface area contributed by atoms with Crippen LogP contribution in [0.5, 0.6) is 23.0 Å². The number of hydrogen-bond donors (Lipinski definition) is 5. The van der Waals surface area contributed by atoms with Crippen molar-refractivity contribution in [3.05, 3.63) is 76.9 Å². The van der Waals surface area contributed by atoms with Gasteiger partial charge in [0.2, 0.25) is 17.7 Å². The van der Waals surface area contributed by atoms with Crippen LogP contribution in [0.25, 0.3) is 0 Å². The van der Waals surface area contributed by atoms with Crippen molar-refractivity contribution in [2.75, 3.05) is 98.2 Å². The average molecular weight is 1310 g/mol. The molecule has 1 unspecified atom stereocenters. The fourth-order valence-electron chi connectivity index (χ4n) is 10.1. The van der Waals surface area contributed by atoms with Crippen LogP contribution >= 0.6 is 0 Å². The van der Waals surface area contributed by atoms with Crippen LogP contribution in [0.4, 0.5) is 5.69 Å². The minimum atomic E-state index is -1.41. The van der Waals surface area contributed by atoms with E-state index in [2.05, 4.69) is 30.5 Å². The zero-order valence-electron chi connectivity index (χ0n) is 46.3. The number of fused-ring (bicyclic) bond motifs is 6. The third-order valence-corrected chi connectivity index (χ3v) is 14.7. The molecule has 0 aromatic heterocycles. The van der Waals surface area contributed by atoms with Crippen LogP contribution in [-0.2, 0) is 55.0 Å². The molecule has 1 saturated heterocycles. The predicted octanol–water partition coefficient (Wildman–Crippen LogP) is -0.0725. The molecule has 0 bridgehead atoms. The molecule has 3 amide bonds. The number of amides is 3. The molecule has 26 heteroatoms. The number of isothiocyanates is 1. The number of hydrogen-bond acceptors (Lipinski definition) is 21. The number of rotatable bonds is 30. The van der Waals surface area contributed by atoms with E-state index >= 15 is 0 Å². The summed E-state index contributed by atoms with van der Waals surface area (Å²) in [5.41, 5.74) is 0.732. The fraction of sp³-hybridized carbons (Fsp3) is 0.526. The number of nitrogens with one attached hydrogen (secondary N) is 3. The van der Waals surface area contributed by atoms with Crippen LogP contribution in [0, 0.1) is 39.9 Å². The Morgan fingerprint density at radius 1 is 0.651 bits per heavy atom. The van der Waals surface area contributed by atoms with E-state index < -0.39 is 61.1 Å². The van der Waals surface area contributed by atoms with Gasteiger partial charge in [-0.05, 0) is 68.5 Å². The molecule has 0 saturated carbocycles. The Morgan fingerprint density at radius 3 is 1.69 bits per heavy atom.